The first-order valence-electron chi connectivity index (χ1n) is 3.90. The van der Waals surface area contributed by atoms with Gasteiger partial charge < -0.3 is 5.73 Å². The molecule has 0 aliphatic carbocycles. The summed E-state index contributed by atoms with van der Waals surface area (Å²) in [5.74, 6) is 0. The molecular formula is C9H10F3N. The van der Waals surface area contributed by atoms with Crippen molar-refractivity contribution in [1.82, 2.24) is 0 Å². The van der Waals surface area contributed by atoms with Gasteiger partial charge in [-0.15, -0.1) is 0 Å². The van der Waals surface area contributed by atoms with Gasteiger partial charge in [0.2, 0.25) is 0 Å². The first kappa shape index (κ1) is 9.89. The fraction of sp³-hybridized carbons (Fsp3) is 0.333. The second kappa shape index (κ2) is 3.28. The highest BCUT2D eigenvalue weighted by Crippen LogP contribution is 2.33. The van der Waals surface area contributed by atoms with E-state index in [1.807, 2.05) is 0 Å². The summed E-state index contributed by atoms with van der Waals surface area (Å²) in [5, 5.41) is 0. The predicted octanol–water partition coefficient (Wildman–Crippen LogP) is 2.85. The molecule has 0 atom stereocenters. The minimum absolute atomic E-state index is 0.143. The van der Waals surface area contributed by atoms with Crippen LogP contribution >= 0.6 is 0 Å². The van der Waals surface area contributed by atoms with Crippen LogP contribution in [0.2, 0.25) is 0 Å². The SMILES string of the molecule is CCc1ccc(N)cc1C(F)(F)F. The van der Waals surface area contributed by atoms with E-state index in [9.17, 15) is 13.2 Å². The van der Waals surface area contributed by atoms with Crippen LogP contribution in [0.5, 0.6) is 0 Å². The van der Waals surface area contributed by atoms with Crippen molar-refractivity contribution >= 4 is 5.69 Å². The van der Waals surface area contributed by atoms with Crippen molar-refractivity contribution in [3.63, 3.8) is 0 Å². The van der Waals surface area contributed by atoms with Gasteiger partial charge in [0, 0.05) is 5.69 Å². The van der Waals surface area contributed by atoms with Crippen molar-refractivity contribution in [2.24, 2.45) is 0 Å². The van der Waals surface area contributed by atoms with Crippen molar-refractivity contribution in [3.8, 4) is 0 Å². The molecule has 0 aromatic heterocycles. The van der Waals surface area contributed by atoms with E-state index >= 15 is 0 Å². The van der Waals surface area contributed by atoms with Crippen molar-refractivity contribution in [2.45, 2.75) is 19.5 Å². The van der Waals surface area contributed by atoms with Gasteiger partial charge in [0.05, 0.1) is 5.56 Å². The lowest BCUT2D eigenvalue weighted by molar-refractivity contribution is -0.138. The molecule has 0 spiro atoms. The van der Waals surface area contributed by atoms with E-state index in [0.717, 1.165) is 6.07 Å². The number of halogens is 3. The topological polar surface area (TPSA) is 26.0 Å². The lowest BCUT2D eigenvalue weighted by Gasteiger charge is -2.11. The van der Waals surface area contributed by atoms with E-state index in [4.69, 9.17) is 5.73 Å². The third-order valence-corrected chi connectivity index (χ3v) is 1.82. The zero-order valence-corrected chi connectivity index (χ0v) is 7.15. The summed E-state index contributed by atoms with van der Waals surface area (Å²) in [6.45, 7) is 1.68. The number of rotatable bonds is 1. The number of nitrogen functional groups attached to an aromatic ring is 1. The van der Waals surface area contributed by atoms with Crippen LogP contribution in [0.3, 0.4) is 0 Å². The number of hydrogen-bond acceptors (Lipinski definition) is 1. The fourth-order valence-electron chi connectivity index (χ4n) is 1.17. The fourth-order valence-corrected chi connectivity index (χ4v) is 1.17. The molecular weight excluding hydrogens is 179 g/mol. The Morgan fingerprint density at radius 2 is 1.92 bits per heavy atom. The Bertz CT molecular complexity index is 304. The highest BCUT2D eigenvalue weighted by atomic mass is 19.4. The molecule has 1 nitrogen and oxygen atoms in total. The van der Waals surface area contributed by atoms with Crippen molar-refractivity contribution in [2.75, 3.05) is 5.73 Å². The molecule has 0 fully saturated rings. The van der Waals surface area contributed by atoms with Gasteiger partial charge in [0.25, 0.3) is 0 Å². The van der Waals surface area contributed by atoms with Crippen molar-refractivity contribution < 1.29 is 13.2 Å². The van der Waals surface area contributed by atoms with E-state index in [2.05, 4.69) is 0 Å². The Morgan fingerprint density at radius 3 is 2.38 bits per heavy atom. The third-order valence-electron chi connectivity index (χ3n) is 1.82. The summed E-state index contributed by atoms with van der Waals surface area (Å²) >= 11 is 0. The molecule has 1 aromatic carbocycles. The summed E-state index contributed by atoms with van der Waals surface area (Å²) in [4.78, 5) is 0. The Labute approximate surface area is 74.4 Å². The van der Waals surface area contributed by atoms with Crippen molar-refractivity contribution in [3.05, 3.63) is 29.3 Å². The number of hydrogen-bond donors (Lipinski definition) is 1. The smallest absolute Gasteiger partial charge is 0.399 e. The van der Waals surface area contributed by atoms with Gasteiger partial charge in [-0.3, -0.25) is 0 Å². The molecule has 1 aromatic rings. The molecule has 0 saturated heterocycles. The van der Waals surface area contributed by atoms with Gasteiger partial charge >= 0.3 is 6.18 Å². The van der Waals surface area contributed by atoms with Gasteiger partial charge in [0.1, 0.15) is 0 Å². The average Bonchev–Trinajstić information content (AvgIpc) is 2.03. The molecule has 1 rings (SSSR count). The summed E-state index contributed by atoms with van der Waals surface area (Å²) in [5.41, 5.74) is 5.07. The van der Waals surface area contributed by atoms with Crippen LogP contribution in [0.25, 0.3) is 0 Å². The van der Waals surface area contributed by atoms with Crippen LogP contribution in [0.1, 0.15) is 18.1 Å². The highest BCUT2D eigenvalue weighted by molar-refractivity contribution is 5.45. The van der Waals surface area contributed by atoms with Gasteiger partial charge in [-0.25, -0.2) is 0 Å². The number of benzene rings is 1. The highest BCUT2D eigenvalue weighted by Gasteiger charge is 2.32. The van der Waals surface area contributed by atoms with E-state index in [-0.39, 0.29) is 11.3 Å². The Balaban J connectivity index is 3.24. The van der Waals surface area contributed by atoms with Gasteiger partial charge in [-0.05, 0) is 24.1 Å². The molecule has 0 amide bonds. The summed E-state index contributed by atoms with van der Waals surface area (Å²) in [7, 11) is 0. The Hall–Kier alpha value is -1.19. The molecule has 0 aliphatic rings. The van der Waals surface area contributed by atoms with E-state index in [1.54, 1.807) is 6.92 Å². The molecule has 0 heterocycles. The average molecular weight is 189 g/mol. The van der Waals surface area contributed by atoms with Crippen LogP contribution < -0.4 is 5.73 Å². The lowest BCUT2D eigenvalue weighted by atomic mass is 10.0. The minimum Gasteiger partial charge on any atom is -0.399 e. The van der Waals surface area contributed by atoms with Gasteiger partial charge in [-0.1, -0.05) is 13.0 Å². The molecule has 2 N–H and O–H groups in total. The normalized spacial score (nSPS) is 11.7. The monoisotopic (exact) mass is 189 g/mol. The summed E-state index contributed by atoms with van der Waals surface area (Å²) < 4.78 is 37.1. The number of aryl methyl sites for hydroxylation is 1. The van der Waals surface area contributed by atoms with Crippen LogP contribution in [0.4, 0.5) is 18.9 Å². The van der Waals surface area contributed by atoms with Crippen LogP contribution in [-0.2, 0) is 12.6 Å². The van der Waals surface area contributed by atoms with E-state index in [1.165, 1.54) is 12.1 Å². The summed E-state index contributed by atoms with van der Waals surface area (Å²) in [6, 6.07) is 3.87. The van der Waals surface area contributed by atoms with Crippen LogP contribution in [0, 0.1) is 0 Å². The number of alkyl halides is 3. The van der Waals surface area contributed by atoms with Gasteiger partial charge in [-0.2, -0.15) is 13.2 Å². The van der Waals surface area contributed by atoms with E-state index < -0.39 is 11.7 Å². The Kier molecular flexibility index (Phi) is 2.50. The third kappa shape index (κ3) is 2.14. The summed E-state index contributed by atoms with van der Waals surface area (Å²) in [6.07, 6.45) is -3.95. The molecule has 0 bridgehead atoms. The molecule has 0 unspecified atom stereocenters. The quantitative estimate of drug-likeness (QED) is 0.675. The second-order valence-electron chi connectivity index (χ2n) is 2.77. The van der Waals surface area contributed by atoms with Gasteiger partial charge in [0.15, 0.2) is 0 Å². The maximum Gasteiger partial charge on any atom is 0.416 e. The predicted molar refractivity (Wildman–Crippen MR) is 45.2 cm³/mol. The minimum atomic E-state index is -4.30. The Morgan fingerprint density at radius 1 is 1.31 bits per heavy atom. The molecule has 72 valence electrons. The first-order chi connectivity index (χ1) is 5.95. The first-order valence-corrected chi connectivity index (χ1v) is 3.90. The zero-order chi connectivity index (χ0) is 10.1. The number of nitrogens with two attached hydrogens (primary N) is 1. The zero-order valence-electron chi connectivity index (χ0n) is 7.15. The molecule has 4 heteroatoms. The molecule has 0 aliphatic heterocycles. The largest absolute Gasteiger partial charge is 0.416 e. The molecule has 0 saturated carbocycles. The maximum atomic E-state index is 12.4. The molecule has 13 heavy (non-hydrogen) atoms. The molecule has 0 radical (unpaired) electrons. The number of anilines is 1. The van der Waals surface area contributed by atoms with Crippen LogP contribution in [0.15, 0.2) is 18.2 Å². The van der Waals surface area contributed by atoms with Crippen LogP contribution in [-0.4, -0.2) is 0 Å². The van der Waals surface area contributed by atoms with E-state index in [0.29, 0.717) is 6.42 Å². The maximum absolute atomic E-state index is 12.4. The lowest BCUT2D eigenvalue weighted by Crippen LogP contribution is -2.09. The standard InChI is InChI=1S/C9H10F3N/c1-2-6-3-4-7(13)5-8(6)9(10,11)12/h3-5H,2,13H2,1H3. The van der Waals surface area contributed by atoms with Crippen molar-refractivity contribution in [1.29, 1.82) is 0 Å². The second-order valence-corrected chi connectivity index (χ2v) is 2.77.